The van der Waals surface area contributed by atoms with Crippen molar-refractivity contribution in [1.29, 1.82) is 0 Å². The van der Waals surface area contributed by atoms with Gasteiger partial charge in [0.25, 0.3) is 5.91 Å². The lowest BCUT2D eigenvalue weighted by Gasteiger charge is -2.38. The standard InChI is InChI=1S/C21H24Cl2N2O4/c1-13-9-16(14(2)29-13)20(27)24-11-19(26)25-12-21(5-7-28-8-6-21)17-4-3-15(22)10-18(17)23/h3-4,9-10H,5-8,11-12H2,1-2H3,(H,24,27)(H,25,26). The highest BCUT2D eigenvalue weighted by Crippen LogP contribution is 2.39. The zero-order valence-corrected chi connectivity index (χ0v) is 18.0. The Bertz CT molecular complexity index is 904. The third-order valence-corrected chi connectivity index (χ3v) is 5.82. The molecule has 29 heavy (non-hydrogen) atoms. The van der Waals surface area contributed by atoms with Crippen LogP contribution in [0.2, 0.25) is 10.0 Å². The first-order valence-corrected chi connectivity index (χ1v) is 10.2. The molecular weight excluding hydrogens is 415 g/mol. The molecule has 0 atom stereocenters. The minimum absolute atomic E-state index is 0.122. The Kier molecular flexibility index (Phi) is 6.88. The Hall–Kier alpha value is -2.02. The molecule has 6 nitrogen and oxygen atoms in total. The summed E-state index contributed by atoms with van der Waals surface area (Å²) in [6.45, 7) is 4.94. The van der Waals surface area contributed by atoms with Crippen LogP contribution in [0.4, 0.5) is 0 Å². The molecule has 0 radical (unpaired) electrons. The van der Waals surface area contributed by atoms with E-state index in [1.165, 1.54) is 0 Å². The van der Waals surface area contributed by atoms with E-state index >= 15 is 0 Å². The summed E-state index contributed by atoms with van der Waals surface area (Å²) < 4.78 is 10.9. The van der Waals surface area contributed by atoms with Gasteiger partial charge in [-0.05, 0) is 50.5 Å². The average Bonchev–Trinajstić information content (AvgIpc) is 3.03. The van der Waals surface area contributed by atoms with Gasteiger partial charge in [0.2, 0.25) is 5.91 Å². The zero-order valence-electron chi connectivity index (χ0n) is 16.4. The van der Waals surface area contributed by atoms with Crippen LogP contribution in [-0.2, 0) is 14.9 Å². The maximum absolute atomic E-state index is 12.4. The maximum atomic E-state index is 12.4. The van der Waals surface area contributed by atoms with E-state index in [0.717, 1.165) is 18.4 Å². The third-order valence-electron chi connectivity index (χ3n) is 5.27. The van der Waals surface area contributed by atoms with Crippen LogP contribution in [0, 0.1) is 13.8 Å². The van der Waals surface area contributed by atoms with Crippen LogP contribution in [-0.4, -0.2) is 38.1 Å². The molecule has 1 aliphatic rings. The summed E-state index contributed by atoms with van der Waals surface area (Å²) in [6, 6.07) is 7.08. The van der Waals surface area contributed by atoms with Crippen molar-refractivity contribution in [2.45, 2.75) is 32.1 Å². The first-order valence-electron chi connectivity index (χ1n) is 9.46. The third kappa shape index (κ3) is 5.13. The van der Waals surface area contributed by atoms with Crippen molar-refractivity contribution in [2.75, 3.05) is 26.3 Å². The quantitative estimate of drug-likeness (QED) is 0.718. The Morgan fingerprint density at radius 3 is 2.45 bits per heavy atom. The molecule has 0 aliphatic carbocycles. The van der Waals surface area contributed by atoms with Gasteiger partial charge in [-0.2, -0.15) is 0 Å². The van der Waals surface area contributed by atoms with Gasteiger partial charge in [0.15, 0.2) is 0 Å². The van der Waals surface area contributed by atoms with Gasteiger partial charge >= 0.3 is 0 Å². The molecule has 0 bridgehead atoms. The Labute approximate surface area is 179 Å². The van der Waals surface area contributed by atoms with E-state index in [1.54, 1.807) is 32.0 Å². The first-order chi connectivity index (χ1) is 13.8. The summed E-state index contributed by atoms with van der Waals surface area (Å²) in [5.74, 6) is 0.570. The number of carbonyl (C=O) groups excluding carboxylic acids is 2. The number of aryl methyl sites for hydroxylation is 2. The molecule has 1 aromatic heterocycles. The monoisotopic (exact) mass is 438 g/mol. The normalized spacial score (nSPS) is 15.7. The fourth-order valence-corrected chi connectivity index (χ4v) is 4.27. The summed E-state index contributed by atoms with van der Waals surface area (Å²) in [6.07, 6.45) is 1.46. The van der Waals surface area contributed by atoms with Gasteiger partial charge < -0.3 is 19.8 Å². The van der Waals surface area contributed by atoms with Crippen molar-refractivity contribution in [3.8, 4) is 0 Å². The number of benzene rings is 1. The summed E-state index contributed by atoms with van der Waals surface area (Å²) in [4.78, 5) is 24.6. The molecule has 156 valence electrons. The molecule has 0 unspecified atom stereocenters. The lowest BCUT2D eigenvalue weighted by Crippen LogP contribution is -2.47. The number of carbonyl (C=O) groups is 2. The minimum atomic E-state index is -0.337. The van der Waals surface area contributed by atoms with Gasteiger partial charge in [-0.3, -0.25) is 9.59 Å². The second-order valence-corrected chi connectivity index (χ2v) is 8.15. The van der Waals surface area contributed by atoms with Crippen LogP contribution in [0.1, 0.15) is 40.3 Å². The number of nitrogens with one attached hydrogen (secondary N) is 2. The summed E-state index contributed by atoms with van der Waals surface area (Å²) in [5.41, 5.74) is 1.04. The molecule has 1 aromatic carbocycles. The topological polar surface area (TPSA) is 80.6 Å². The van der Waals surface area contributed by atoms with Gasteiger partial charge in [-0.15, -0.1) is 0 Å². The van der Waals surface area contributed by atoms with E-state index in [4.69, 9.17) is 32.4 Å². The van der Waals surface area contributed by atoms with E-state index in [2.05, 4.69) is 10.6 Å². The zero-order chi connectivity index (χ0) is 21.0. The Morgan fingerprint density at radius 2 is 1.83 bits per heavy atom. The molecule has 0 saturated carbocycles. The molecule has 2 N–H and O–H groups in total. The number of hydrogen-bond donors (Lipinski definition) is 2. The largest absolute Gasteiger partial charge is 0.466 e. The van der Waals surface area contributed by atoms with E-state index in [9.17, 15) is 9.59 Å². The molecule has 1 fully saturated rings. The fourth-order valence-electron chi connectivity index (χ4n) is 3.67. The van der Waals surface area contributed by atoms with Gasteiger partial charge in [0, 0.05) is 35.2 Å². The van der Waals surface area contributed by atoms with Gasteiger partial charge in [-0.25, -0.2) is 0 Å². The summed E-state index contributed by atoms with van der Waals surface area (Å²) in [5, 5.41) is 6.71. The minimum Gasteiger partial charge on any atom is -0.466 e. The lowest BCUT2D eigenvalue weighted by atomic mass is 9.74. The van der Waals surface area contributed by atoms with Gasteiger partial charge in [0.1, 0.15) is 11.5 Å². The molecule has 2 amide bonds. The second-order valence-electron chi connectivity index (χ2n) is 7.30. The summed E-state index contributed by atoms with van der Waals surface area (Å²) >= 11 is 12.5. The molecular formula is C21H24Cl2N2O4. The highest BCUT2D eigenvalue weighted by Gasteiger charge is 2.36. The molecule has 2 heterocycles. The van der Waals surface area contributed by atoms with Crippen LogP contribution in [0.25, 0.3) is 0 Å². The molecule has 8 heteroatoms. The van der Waals surface area contributed by atoms with Crippen molar-refractivity contribution in [3.05, 3.63) is 57.0 Å². The molecule has 1 aliphatic heterocycles. The molecule has 1 saturated heterocycles. The lowest BCUT2D eigenvalue weighted by molar-refractivity contribution is -0.120. The van der Waals surface area contributed by atoms with Crippen LogP contribution < -0.4 is 10.6 Å². The van der Waals surface area contributed by atoms with Crippen molar-refractivity contribution in [2.24, 2.45) is 0 Å². The molecule has 2 aromatic rings. The number of hydrogen-bond acceptors (Lipinski definition) is 4. The van der Waals surface area contributed by atoms with Crippen LogP contribution in [0.3, 0.4) is 0 Å². The highest BCUT2D eigenvalue weighted by atomic mass is 35.5. The van der Waals surface area contributed by atoms with Gasteiger partial charge in [0.05, 0.1) is 12.1 Å². The van der Waals surface area contributed by atoms with Gasteiger partial charge in [-0.1, -0.05) is 29.3 Å². The van der Waals surface area contributed by atoms with Crippen molar-refractivity contribution < 1.29 is 18.7 Å². The molecule has 3 rings (SSSR count). The van der Waals surface area contributed by atoms with Crippen LogP contribution in [0.15, 0.2) is 28.7 Å². The average molecular weight is 439 g/mol. The van der Waals surface area contributed by atoms with Crippen LogP contribution in [0.5, 0.6) is 0 Å². The van der Waals surface area contributed by atoms with Crippen molar-refractivity contribution in [3.63, 3.8) is 0 Å². The maximum Gasteiger partial charge on any atom is 0.255 e. The smallest absolute Gasteiger partial charge is 0.255 e. The Balaban J connectivity index is 1.63. The highest BCUT2D eigenvalue weighted by molar-refractivity contribution is 6.35. The van der Waals surface area contributed by atoms with E-state index < -0.39 is 0 Å². The van der Waals surface area contributed by atoms with Crippen LogP contribution >= 0.6 is 23.2 Å². The predicted octanol–water partition coefficient (Wildman–Crippen LogP) is 3.80. The molecule has 0 spiro atoms. The van der Waals surface area contributed by atoms with Crippen molar-refractivity contribution >= 4 is 35.0 Å². The van der Waals surface area contributed by atoms with E-state index in [-0.39, 0.29) is 23.8 Å². The SMILES string of the molecule is Cc1cc(C(=O)NCC(=O)NCC2(c3ccc(Cl)cc3Cl)CCOCC2)c(C)o1. The predicted molar refractivity (Wildman–Crippen MR) is 112 cm³/mol. The fraction of sp³-hybridized carbons (Fsp3) is 0.429. The number of ether oxygens (including phenoxy) is 1. The number of rotatable bonds is 6. The number of amides is 2. The van der Waals surface area contributed by atoms with E-state index in [1.807, 2.05) is 6.07 Å². The number of furan rings is 1. The first kappa shape index (κ1) is 21.7. The summed E-state index contributed by atoms with van der Waals surface area (Å²) in [7, 11) is 0. The Morgan fingerprint density at radius 1 is 1.10 bits per heavy atom. The second kappa shape index (κ2) is 9.20. The van der Waals surface area contributed by atoms with Crippen molar-refractivity contribution in [1.82, 2.24) is 10.6 Å². The number of halogens is 2. The van der Waals surface area contributed by atoms with E-state index in [0.29, 0.717) is 46.9 Å².